The first kappa shape index (κ1) is 18.1. The van der Waals surface area contributed by atoms with Crippen molar-refractivity contribution in [1.29, 1.82) is 0 Å². The van der Waals surface area contributed by atoms with Gasteiger partial charge in [0, 0.05) is 13.1 Å². The van der Waals surface area contributed by atoms with Gasteiger partial charge in [0.1, 0.15) is 0 Å². The first-order chi connectivity index (χ1) is 12.7. The number of aromatic nitrogens is 2. The molecule has 0 radical (unpaired) electrons. The maximum Gasteiger partial charge on any atom is 0.416 e. The van der Waals surface area contributed by atoms with Crippen LogP contribution in [0.5, 0.6) is 0 Å². The summed E-state index contributed by atoms with van der Waals surface area (Å²) in [6, 6.07) is 7.16. The van der Waals surface area contributed by atoms with Gasteiger partial charge in [-0.1, -0.05) is 11.2 Å². The van der Waals surface area contributed by atoms with Crippen molar-refractivity contribution in [2.75, 3.05) is 13.1 Å². The third-order valence-electron chi connectivity index (χ3n) is 4.20. The van der Waals surface area contributed by atoms with Crippen molar-refractivity contribution in [3.05, 3.63) is 53.2 Å². The molecule has 0 unspecified atom stereocenters. The molecule has 1 fully saturated rings. The highest BCUT2D eigenvalue weighted by atomic mass is 32.2. The van der Waals surface area contributed by atoms with Crippen LogP contribution in [-0.4, -0.2) is 36.0 Å². The molecule has 27 heavy (non-hydrogen) atoms. The van der Waals surface area contributed by atoms with Crippen LogP contribution >= 0.6 is 11.3 Å². The van der Waals surface area contributed by atoms with Crippen molar-refractivity contribution in [1.82, 2.24) is 14.4 Å². The van der Waals surface area contributed by atoms with Gasteiger partial charge in [-0.3, -0.25) is 0 Å². The zero-order valence-electron chi connectivity index (χ0n) is 13.5. The van der Waals surface area contributed by atoms with Crippen LogP contribution in [0.2, 0.25) is 0 Å². The summed E-state index contributed by atoms with van der Waals surface area (Å²) < 4.78 is 69.3. The first-order valence-corrected chi connectivity index (χ1v) is 10.1. The Morgan fingerprint density at radius 3 is 2.44 bits per heavy atom. The molecule has 3 heterocycles. The third kappa shape index (κ3) is 3.37. The average Bonchev–Trinajstić information content (AvgIpc) is 3.24. The average molecular weight is 415 g/mol. The van der Waals surface area contributed by atoms with Gasteiger partial charge in [0.15, 0.2) is 0 Å². The van der Waals surface area contributed by atoms with Crippen LogP contribution in [-0.2, 0) is 16.2 Å². The Kier molecular flexibility index (Phi) is 4.32. The first-order valence-electron chi connectivity index (χ1n) is 7.80. The molecule has 1 saturated heterocycles. The molecular weight excluding hydrogens is 403 g/mol. The highest BCUT2D eigenvalue weighted by Crippen LogP contribution is 2.34. The van der Waals surface area contributed by atoms with E-state index in [1.54, 1.807) is 0 Å². The number of halogens is 3. The number of sulfonamides is 1. The lowest BCUT2D eigenvalue weighted by Gasteiger charge is -2.35. The van der Waals surface area contributed by atoms with Crippen LogP contribution < -0.4 is 0 Å². The van der Waals surface area contributed by atoms with Gasteiger partial charge in [0.2, 0.25) is 21.7 Å². The molecule has 1 aliphatic rings. The van der Waals surface area contributed by atoms with Gasteiger partial charge in [-0.2, -0.15) is 22.5 Å². The predicted molar refractivity (Wildman–Crippen MR) is 90.6 cm³/mol. The lowest BCUT2D eigenvalue weighted by molar-refractivity contribution is -0.137. The predicted octanol–water partition coefficient (Wildman–Crippen LogP) is 3.61. The minimum absolute atomic E-state index is 0.134. The molecule has 0 bridgehead atoms. The Labute approximate surface area is 156 Å². The summed E-state index contributed by atoms with van der Waals surface area (Å²) in [6.07, 6.45) is -4.51. The number of hydrogen-bond acceptors (Lipinski definition) is 6. The standard InChI is InChI=1S/C16H12F3N3O3S2/c17-16(18,19)11-3-5-12(6-4-11)27(23,24)22-8-10(9-22)15-20-14(21-25-15)13-2-1-7-26-13/h1-7,10H,8-9H2. The van der Waals surface area contributed by atoms with Gasteiger partial charge in [-0.25, -0.2) is 8.42 Å². The molecule has 6 nitrogen and oxygen atoms in total. The Bertz CT molecular complexity index is 1040. The normalized spacial score (nSPS) is 16.4. The summed E-state index contributed by atoms with van der Waals surface area (Å²) >= 11 is 1.46. The molecule has 0 saturated carbocycles. The van der Waals surface area contributed by atoms with Crippen LogP contribution in [0.3, 0.4) is 0 Å². The third-order valence-corrected chi connectivity index (χ3v) is 6.91. The molecule has 0 spiro atoms. The summed E-state index contributed by atoms with van der Waals surface area (Å²) in [5.74, 6) is 0.553. The lowest BCUT2D eigenvalue weighted by Crippen LogP contribution is -2.48. The van der Waals surface area contributed by atoms with Gasteiger partial charge < -0.3 is 4.52 Å². The highest BCUT2D eigenvalue weighted by Gasteiger charge is 2.41. The summed E-state index contributed by atoms with van der Waals surface area (Å²) in [4.78, 5) is 4.95. The van der Waals surface area contributed by atoms with E-state index >= 15 is 0 Å². The van der Waals surface area contributed by atoms with Crippen LogP contribution in [0.15, 0.2) is 51.2 Å². The van der Waals surface area contributed by atoms with Crippen molar-refractivity contribution in [3.63, 3.8) is 0 Å². The van der Waals surface area contributed by atoms with Gasteiger partial charge in [0.25, 0.3) is 0 Å². The summed E-state index contributed by atoms with van der Waals surface area (Å²) in [7, 11) is -3.86. The van der Waals surface area contributed by atoms with Crippen LogP contribution in [0.25, 0.3) is 10.7 Å². The number of rotatable bonds is 4. The Morgan fingerprint density at radius 1 is 1.15 bits per heavy atom. The van der Waals surface area contributed by atoms with E-state index in [0.717, 1.165) is 29.1 Å². The fourth-order valence-electron chi connectivity index (χ4n) is 2.66. The molecule has 142 valence electrons. The SMILES string of the molecule is O=S(=O)(c1ccc(C(F)(F)F)cc1)N1CC(c2nc(-c3cccs3)no2)C1. The molecule has 0 atom stereocenters. The fraction of sp³-hybridized carbons (Fsp3) is 0.250. The van der Waals surface area contributed by atoms with E-state index in [1.807, 2.05) is 17.5 Å². The number of hydrogen-bond donors (Lipinski definition) is 0. The van der Waals surface area contributed by atoms with Gasteiger partial charge in [-0.15, -0.1) is 11.3 Å². The van der Waals surface area contributed by atoms with E-state index in [4.69, 9.17) is 4.52 Å². The maximum atomic E-state index is 12.6. The Hall–Kier alpha value is -2.24. The monoisotopic (exact) mass is 415 g/mol. The summed E-state index contributed by atoms with van der Waals surface area (Å²) in [5, 5.41) is 5.77. The topological polar surface area (TPSA) is 76.3 Å². The second-order valence-electron chi connectivity index (χ2n) is 5.97. The van der Waals surface area contributed by atoms with Crippen LogP contribution in [0.4, 0.5) is 13.2 Å². The minimum Gasteiger partial charge on any atom is -0.339 e. The van der Waals surface area contributed by atoms with Crippen molar-refractivity contribution in [3.8, 4) is 10.7 Å². The van der Waals surface area contributed by atoms with Crippen molar-refractivity contribution in [2.24, 2.45) is 0 Å². The maximum absolute atomic E-state index is 12.6. The molecule has 0 aliphatic carbocycles. The molecule has 1 aromatic carbocycles. The van der Waals surface area contributed by atoms with Crippen LogP contribution in [0, 0.1) is 0 Å². The fourth-order valence-corrected chi connectivity index (χ4v) is 4.84. The lowest BCUT2D eigenvalue weighted by atomic mass is 10.0. The van der Waals surface area contributed by atoms with Crippen LogP contribution in [0.1, 0.15) is 17.4 Å². The Balaban J connectivity index is 1.45. The van der Waals surface area contributed by atoms with E-state index in [0.29, 0.717) is 11.7 Å². The zero-order chi connectivity index (χ0) is 19.2. The number of thiophene rings is 1. The number of nitrogens with zero attached hydrogens (tertiary/aromatic N) is 3. The summed E-state index contributed by atoms with van der Waals surface area (Å²) in [6.45, 7) is 0.269. The molecule has 2 aromatic heterocycles. The highest BCUT2D eigenvalue weighted by molar-refractivity contribution is 7.89. The molecule has 4 rings (SSSR count). The molecule has 3 aromatic rings. The summed E-state index contributed by atoms with van der Waals surface area (Å²) in [5.41, 5.74) is -0.894. The number of benzene rings is 1. The largest absolute Gasteiger partial charge is 0.416 e. The van der Waals surface area contributed by atoms with Gasteiger partial charge >= 0.3 is 6.18 Å². The van der Waals surface area contributed by atoms with Gasteiger partial charge in [-0.05, 0) is 35.7 Å². The minimum atomic E-state index is -4.51. The second-order valence-corrected chi connectivity index (χ2v) is 8.86. The smallest absolute Gasteiger partial charge is 0.339 e. The van der Waals surface area contributed by atoms with Crippen molar-refractivity contribution in [2.45, 2.75) is 17.0 Å². The number of alkyl halides is 3. The van der Waals surface area contributed by atoms with Crippen molar-refractivity contribution < 1.29 is 26.1 Å². The molecule has 11 heteroatoms. The van der Waals surface area contributed by atoms with E-state index in [2.05, 4.69) is 10.1 Å². The van der Waals surface area contributed by atoms with E-state index in [-0.39, 0.29) is 23.9 Å². The molecule has 1 aliphatic heterocycles. The van der Waals surface area contributed by atoms with E-state index < -0.39 is 21.8 Å². The molecule has 0 N–H and O–H groups in total. The zero-order valence-corrected chi connectivity index (χ0v) is 15.2. The van der Waals surface area contributed by atoms with Gasteiger partial charge in [0.05, 0.1) is 21.3 Å². The Morgan fingerprint density at radius 2 is 1.85 bits per heavy atom. The van der Waals surface area contributed by atoms with E-state index in [9.17, 15) is 21.6 Å². The van der Waals surface area contributed by atoms with E-state index in [1.165, 1.54) is 15.6 Å². The quantitative estimate of drug-likeness (QED) is 0.651. The second kappa shape index (κ2) is 6.43. The molecular formula is C16H12F3N3O3S2. The molecule has 0 amide bonds. The van der Waals surface area contributed by atoms with Crippen molar-refractivity contribution >= 4 is 21.4 Å².